The number of aliphatic hydroxyl groups excluding tert-OH is 1. The van der Waals surface area contributed by atoms with Gasteiger partial charge in [0.05, 0.1) is 0 Å². The zero-order valence-corrected chi connectivity index (χ0v) is 11.1. The third-order valence-corrected chi connectivity index (χ3v) is 3.49. The summed E-state index contributed by atoms with van der Waals surface area (Å²) in [6.07, 6.45) is 0.864. The quantitative estimate of drug-likeness (QED) is 0.621. The maximum absolute atomic E-state index is 9.63. The van der Waals surface area contributed by atoms with Crippen molar-refractivity contribution in [2.45, 2.75) is 19.9 Å². The first-order valence-corrected chi connectivity index (χ1v) is 7.07. The molecule has 0 unspecified atom stereocenters. The predicted molar refractivity (Wildman–Crippen MR) is 73.6 cm³/mol. The van der Waals surface area contributed by atoms with Crippen molar-refractivity contribution >= 4 is 11.8 Å². The van der Waals surface area contributed by atoms with Gasteiger partial charge in [-0.1, -0.05) is 17.7 Å². The number of rotatable bonds is 8. The molecule has 3 nitrogen and oxygen atoms in total. The van der Waals surface area contributed by atoms with Crippen LogP contribution in [0.1, 0.15) is 17.5 Å². The van der Waals surface area contributed by atoms with Gasteiger partial charge in [0, 0.05) is 31.0 Å². The lowest BCUT2D eigenvalue weighted by Gasteiger charge is -2.07. The molecule has 0 aliphatic rings. The summed E-state index contributed by atoms with van der Waals surface area (Å²) in [7, 11) is 0. The van der Waals surface area contributed by atoms with E-state index < -0.39 is 0 Å². The van der Waals surface area contributed by atoms with Crippen LogP contribution in [0.25, 0.3) is 0 Å². The molecule has 0 heterocycles. The highest BCUT2D eigenvalue weighted by molar-refractivity contribution is 7.99. The molecule has 0 spiro atoms. The monoisotopic (exact) mass is 255 g/mol. The predicted octanol–water partition coefficient (Wildman–Crippen LogP) is 1.91. The molecule has 0 aliphatic heterocycles. The smallest absolute Gasteiger partial charge is 0.120 e. The Bertz CT molecular complexity index is 331. The molecule has 0 radical (unpaired) electrons. The molecule has 1 rings (SSSR count). The van der Waals surface area contributed by atoms with Gasteiger partial charge in [-0.15, -0.1) is 0 Å². The van der Waals surface area contributed by atoms with E-state index in [9.17, 15) is 5.11 Å². The number of phenols is 1. The van der Waals surface area contributed by atoms with E-state index >= 15 is 0 Å². The molecular formula is C13H21NO2S. The van der Waals surface area contributed by atoms with E-state index in [2.05, 4.69) is 5.32 Å². The van der Waals surface area contributed by atoms with E-state index in [0.29, 0.717) is 12.3 Å². The van der Waals surface area contributed by atoms with Crippen molar-refractivity contribution in [2.24, 2.45) is 0 Å². The van der Waals surface area contributed by atoms with Crippen molar-refractivity contribution < 1.29 is 10.2 Å². The second-order valence-corrected chi connectivity index (χ2v) is 5.22. The van der Waals surface area contributed by atoms with E-state index in [1.54, 1.807) is 6.07 Å². The first-order chi connectivity index (χ1) is 8.24. The molecule has 0 aliphatic carbocycles. The van der Waals surface area contributed by atoms with Crippen LogP contribution in [-0.2, 0) is 6.54 Å². The van der Waals surface area contributed by atoms with Crippen molar-refractivity contribution in [1.29, 1.82) is 0 Å². The lowest BCUT2D eigenvalue weighted by Crippen LogP contribution is -2.16. The van der Waals surface area contributed by atoms with Crippen molar-refractivity contribution in [2.75, 3.05) is 24.7 Å². The van der Waals surface area contributed by atoms with Crippen LogP contribution in [0.4, 0.5) is 0 Å². The number of nitrogens with one attached hydrogen (secondary N) is 1. The number of thioether (sulfide) groups is 1. The highest BCUT2D eigenvalue weighted by Crippen LogP contribution is 2.17. The second-order valence-electron chi connectivity index (χ2n) is 4.00. The standard InChI is InChI=1S/C13H21NO2S/c1-11-3-4-13(16)12(9-11)10-14-5-8-17-7-2-6-15/h3-4,9,14-16H,2,5-8,10H2,1H3. The molecule has 0 aromatic heterocycles. The van der Waals surface area contributed by atoms with E-state index in [-0.39, 0.29) is 6.61 Å². The fourth-order valence-electron chi connectivity index (χ4n) is 1.49. The summed E-state index contributed by atoms with van der Waals surface area (Å²) in [4.78, 5) is 0. The zero-order chi connectivity index (χ0) is 12.5. The topological polar surface area (TPSA) is 52.5 Å². The average Bonchev–Trinajstić information content (AvgIpc) is 2.32. The van der Waals surface area contributed by atoms with Crippen molar-refractivity contribution in [3.05, 3.63) is 29.3 Å². The Morgan fingerprint density at radius 1 is 1.29 bits per heavy atom. The Labute approximate surface area is 107 Å². The van der Waals surface area contributed by atoms with Gasteiger partial charge in [-0.2, -0.15) is 11.8 Å². The number of benzene rings is 1. The summed E-state index contributed by atoms with van der Waals surface area (Å²) in [6, 6.07) is 5.65. The van der Waals surface area contributed by atoms with Crippen LogP contribution in [0, 0.1) is 6.92 Å². The molecule has 3 N–H and O–H groups in total. The molecule has 0 saturated carbocycles. The van der Waals surface area contributed by atoms with E-state index in [1.807, 2.05) is 30.8 Å². The van der Waals surface area contributed by atoms with Crippen LogP contribution in [0.15, 0.2) is 18.2 Å². The summed E-state index contributed by atoms with van der Waals surface area (Å²) in [6.45, 7) is 3.92. The third kappa shape index (κ3) is 5.96. The third-order valence-electron chi connectivity index (χ3n) is 2.42. The molecule has 1 aromatic rings. The summed E-state index contributed by atoms with van der Waals surface area (Å²) in [5.74, 6) is 2.40. The van der Waals surface area contributed by atoms with Gasteiger partial charge in [0.1, 0.15) is 5.75 Å². The van der Waals surface area contributed by atoms with Crippen LogP contribution in [0.2, 0.25) is 0 Å². The molecule has 17 heavy (non-hydrogen) atoms. The van der Waals surface area contributed by atoms with Crippen molar-refractivity contribution in [3.8, 4) is 5.75 Å². The maximum atomic E-state index is 9.63. The lowest BCUT2D eigenvalue weighted by molar-refractivity contribution is 0.296. The molecule has 1 aromatic carbocycles. The minimum absolute atomic E-state index is 0.275. The molecule has 0 fully saturated rings. The van der Waals surface area contributed by atoms with Crippen LogP contribution < -0.4 is 5.32 Å². The van der Waals surface area contributed by atoms with Crippen molar-refractivity contribution in [1.82, 2.24) is 5.32 Å². The van der Waals surface area contributed by atoms with Gasteiger partial charge in [0.15, 0.2) is 0 Å². The summed E-state index contributed by atoms with van der Waals surface area (Å²) >= 11 is 1.84. The van der Waals surface area contributed by atoms with Gasteiger partial charge in [0.2, 0.25) is 0 Å². The van der Waals surface area contributed by atoms with Gasteiger partial charge in [-0.3, -0.25) is 0 Å². The normalized spacial score (nSPS) is 10.7. The molecule has 0 amide bonds. The fourth-order valence-corrected chi connectivity index (χ4v) is 2.32. The van der Waals surface area contributed by atoms with Gasteiger partial charge in [0.25, 0.3) is 0 Å². The number of aryl methyl sites for hydroxylation is 1. The molecular weight excluding hydrogens is 234 g/mol. The minimum Gasteiger partial charge on any atom is -0.508 e. The Balaban J connectivity index is 2.15. The molecule has 0 atom stereocenters. The van der Waals surface area contributed by atoms with E-state index in [1.165, 1.54) is 0 Å². The highest BCUT2D eigenvalue weighted by Gasteiger charge is 2.00. The summed E-state index contributed by atoms with van der Waals surface area (Å²) in [5.41, 5.74) is 2.11. The van der Waals surface area contributed by atoms with Crippen LogP contribution in [0.3, 0.4) is 0 Å². The maximum Gasteiger partial charge on any atom is 0.120 e. The summed E-state index contributed by atoms with van der Waals surface area (Å²) in [5, 5.41) is 21.6. The Hall–Kier alpha value is -0.710. The highest BCUT2D eigenvalue weighted by atomic mass is 32.2. The van der Waals surface area contributed by atoms with Crippen LogP contribution >= 0.6 is 11.8 Å². The van der Waals surface area contributed by atoms with Crippen LogP contribution in [0.5, 0.6) is 5.75 Å². The molecule has 96 valence electrons. The number of hydrogen-bond donors (Lipinski definition) is 3. The summed E-state index contributed by atoms with van der Waals surface area (Å²) < 4.78 is 0. The molecule has 0 bridgehead atoms. The van der Waals surface area contributed by atoms with E-state index in [4.69, 9.17) is 5.11 Å². The van der Waals surface area contributed by atoms with Crippen LogP contribution in [-0.4, -0.2) is 34.9 Å². The number of hydrogen-bond acceptors (Lipinski definition) is 4. The van der Waals surface area contributed by atoms with Gasteiger partial charge in [-0.05, 0) is 25.2 Å². The second kappa shape index (κ2) is 8.39. The first kappa shape index (κ1) is 14.4. The Morgan fingerprint density at radius 2 is 2.12 bits per heavy atom. The number of aromatic hydroxyl groups is 1. The van der Waals surface area contributed by atoms with Crippen molar-refractivity contribution in [3.63, 3.8) is 0 Å². The molecule has 4 heteroatoms. The van der Waals surface area contributed by atoms with Gasteiger partial charge >= 0.3 is 0 Å². The largest absolute Gasteiger partial charge is 0.508 e. The first-order valence-electron chi connectivity index (χ1n) is 5.92. The van der Waals surface area contributed by atoms with E-state index in [0.717, 1.165) is 35.6 Å². The number of aliphatic hydroxyl groups is 1. The Morgan fingerprint density at radius 3 is 2.88 bits per heavy atom. The molecule has 0 saturated heterocycles. The number of phenolic OH excluding ortho intramolecular Hbond substituents is 1. The Kier molecular flexibility index (Phi) is 7.08. The zero-order valence-electron chi connectivity index (χ0n) is 10.3. The lowest BCUT2D eigenvalue weighted by atomic mass is 10.1. The minimum atomic E-state index is 0.275. The SMILES string of the molecule is Cc1ccc(O)c(CNCCSCCCO)c1. The van der Waals surface area contributed by atoms with Gasteiger partial charge in [-0.25, -0.2) is 0 Å². The fraction of sp³-hybridized carbons (Fsp3) is 0.538. The average molecular weight is 255 g/mol. The van der Waals surface area contributed by atoms with Gasteiger partial charge < -0.3 is 15.5 Å².